The van der Waals surface area contributed by atoms with Crippen molar-refractivity contribution in [3.63, 3.8) is 0 Å². The van der Waals surface area contributed by atoms with Crippen LogP contribution in [0.25, 0.3) is 0 Å². The van der Waals surface area contributed by atoms with Gasteiger partial charge in [0.1, 0.15) is 19.0 Å². The molecule has 0 radical (unpaired) electrons. The lowest BCUT2D eigenvalue weighted by Gasteiger charge is -2.46. The number of methoxy groups -OCH3 is 1. The van der Waals surface area contributed by atoms with Crippen LogP contribution in [0, 0.1) is 0 Å². The zero-order valence-corrected chi connectivity index (χ0v) is 17.1. The molecular weight excluding hydrogens is 366 g/mol. The monoisotopic (exact) mass is 393 g/mol. The van der Waals surface area contributed by atoms with Gasteiger partial charge in [-0.15, -0.1) is 0 Å². The summed E-state index contributed by atoms with van der Waals surface area (Å²) in [6.07, 6.45) is 4.61. The Balaban J connectivity index is 1.58. The molecule has 1 atom stereocenters. The number of benzene rings is 2. The predicted molar refractivity (Wildman–Crippen MR) is 110 cm³/mol. The minimum Gasteiger partial charge on any atom is -0.497 e. The molecule has 0 bridgehead atoms. The van der Waals surface area contributed by atoms with E-state index in [-0.39, 0.29) is 17.4 Å². The quantitative estimate of drug-likeness (QED) is 0.754. The van der Waals surface area contributed by atoms with E-state index in [2.05, 4.69) is 19.1 Å². The Bertz CT molecular complexity index is 948. The summed E-state index contributed by atoms with van der Waals surface area (Å²) >= 11 is 0. The topological polar surface area (TPSA) is 48.0 Å². The van der Waals surface area contributed by atoms with Gasteiger partial charge >= 0.3 is 0 Å². The van der Waals surface area contributed by atoms with Crippen molar-refractivity contribution in [3.8, 4) is 17.2 Å². The number of carbonyl (C=O) groups excluding carboxylic acids is 1. The third-order valence-electron chi connectivity index (χ3n) is 6.81. The molecule has 1 saturated carbocycles. The largest absolute Gasteiger partial charge is 0.497 e. The van der Waals surface area contributed by atoms with Crippen LogP contribution in [0.4, 0.5) is 0 Å². The molecule has 29 heavy (non-hydrogen) atoms. The van der Waals surface area contributed by atoms with Gasteiger partial charge in [0, 0.05) is 17.5 Å². The summed E-state index contributed by atoms with van der Waals surface area (Å²) < 4.78 is 17.1. The molecule has 3 aliphatic rings. The molecule has 0 N–H and O–H groups in total. The number of amides is 1. The number of hydrogen-bond acceptors (Lipinski definition) is 4. The number of ether oxygens (including phenoxy) is 3. The van der Waals surface area contributed by atoms with E-state index in [0.29, 0.717) is 24.5 Å². The van der Waals surface area contributed by atoms with Gasteiger partial charge in [0.25, 0.3) is 5.91 Å². The summed E-state index contributed by atoms with van der Waals surface area (Å²) in [5, 5.41) is 0. The Labute approximate surface area is 171 Å². The normalized spacial score (nSPS) is 21.7. The fourth-order valence-corrected chi connectivity index (χ4v) is 5.27. The van der Waals surface area contributed by atoms with Gasteiger partial charge in [0.2, 0.25) is 0 Å². The van der Waals surface area contributed by atoms with E-state index < -0.39 is 0 Å². The first-order valence-electron chi connectivity index (χ1n) is 10.5. The molecule has 5 rings (SSSR count). The van der Waals surface area contributed by atoms with E-state index in [1.165, 1.54) is 24.0 Å². The van der Waals surface area contributed by atoms with Crippen molar-refractivity contribution >= 4 is 5.91 Å². The highest BCUT2D eigenvalue weighted by atomic mass is 16.6. The van der Waals surface area contributed by atoms with Crippen molar-refractivity contribution in [3.05, 3.63) is 53.1 Å². The van der Waals surface area contributed by atoms with Crippen LogP contribution in [0.15, 0.2) is 36.4 Å². The second kappa shape index (κ2) is 6.97. The molecule has 1 spiro atoms. The first-order chi connectivity index (χ1) is 14.1. The third-order valence-corrected chi connectivity index (χ3v) is 6.81. The number of carbonyl (C=O) groups is 1. The fraction of sp³-hybridized carbons (Fsp3) is 0.458. The van der Waals surface area contributed by atoms with Crippen molar-refractivity contribution in [2.45, 2.75) is 44.1 Å². The minimum absolute atomic E-state index is 0.00616. The van der Waals surface area contributed by atoms with Gasteiger partial charge in [-0.05, 0) is 61.2 Å². The summed E-state index contributed by atoms with van der Waals surface area (Å²) in [7, 11) is 1.63. The second-order valence-electron chi connectivity index (χ2n) is 8.41. The molecule has 152 valence electrons. The summed E-state index contributed by atoms with van der Waals surface area (Å²) in [5.74, 6) is 2.41. The Morgan fingerprint density at radius 3 is 2.55 bits per heavy atom. The first kappa shape index (κ1) is 18.3. The van der Waals surface area contributed by atoms with Crippen LogP contribution in [-0.4, -0.2) is 37.7 Å². The van der Waals surface area contributed by atoms with Crippen LogP contribution in [-0.2, 0) is 5.41 Å². The molecule has 2 aliphatic heterocycles. The highest BCUT2D eigenvalue weighted by molar-refractivity contribution is 5.95. The van der Waals surface area contributed by atoms with E-state index in [9.17, 15) is 4.79 Å². The molecule has 1 amide bonds. The number of hydrogen-bond donors (Lipinski definition) is 0. The molecule has 5 nitrogen and oxygen atoms in total. The standard InChI is InChI=1S/C24H27NO4/c1-16-19-13-21-22(29-11-10-28-21)14-20(19)24(8-3-4-9-24)15-25(16)23(26)17-6-5-7-18(12-17)27-2/h5-7,12-14,16H,3-4,8-11,15H2,1-2H3. The smallest absolute Gasteiger partial charge is 0.254 e. The number of fused-ring (bicyclic) bond motifs is 3. The lowest BCUT2D eigenvalue weighted by molar-refractivity contribution is 0.0593. The number of nitrogens with zero attached hydrogens (tertiary/aromatic N) is 1. The van der Waals surface area contributed by atoms with Gasteiger partial charge in [-0.1, -0.05) is 18.9 Å². The van der Waals surface area contributed by atoms with Crippen molar-refractivity contribution in [2.75, 3.05) is 26.9 Å². The molecule has 0 saturated heterocycles. The van der Waals surface area contributed by atoms with E-state index in [0.717, 1.165) is 30.9 Å². The molecule has 2 heterocycles. The van der Waals surface area contributed by atoms with Crippen molar-refractivity contribution in [1.29, 1.82) is 0 Å². The third kappa shape index (κ3) is 2.95. The lowest BCUT2D eigenvalue weighted by Crippen LogP contribution is -2.48. The SMILES string of the molecule is COc1cccc(C(=O)N2CC3(CCCC3)c3cc4c(cc3C2C)OCCO4)c1. The second-order valence-corrected chi connectivity index (χ2v) is 8.41. The number of rotatable bonds is 2. The molecule has 1 unspecified atom stereocenters. The molecule has 5 heteroatoms. The summed E-state index contributed by atoms with van der Waals surface area (Å²) in [4.78, 5) is 15.6. The van der Waals surface area contributed by atoms with E-state index in [1.807, 2.05) is 29.2 Å². The zero-order chi connectivity index (χ0) is 20.0. The predicted octanol–water partition coefficient (Wildman–Crippen LogP) is 4.50. The van der Waals surface area contributed by atoms with Crippen LogP contribution in [0.1, 0.15) is 60.1 Å². The Hall–Kier alpha value is -2.69. The maximum absolute atomic E-state index is 13.5. The maximum atomic E-state index is 13.5. The van der Waals surface area contributed by atoms with Gasteiger partial charge in [0.05, 0.1) is 13.2 Å². The van der Waals surface area contributed by atoms with Crippen molar-refractivity contribution < 1.29 is 19.0 Å². The molecular formula is C24H27NO4. The van der Waals surface area contributed by atoms with Crippen molar-refractivity contribution in [1.82, 2.24) is 4.90 Å². The van der Waals surface area contributed by atoms with Gasteiger partial charge in [-0.25, -0.2) is 0 Å². The molecule has 2 aromatic carbocycles. The Morgan fingerprint density at radius 1 is 1.10 bits per heavy atom. The van der Waals surface area contributed by atoms with Gasteiger partial charge < -0.3 is 19.1 Å². The van der Waals surface area contributed by atoms with Crippen LogP contribution >= 0.6 is 0 Å². The van der Waals surface area contributed by atoms with Gasteiger partial charge in [-0.3, -0.25) is 4.79 Å². The highest BCUT2D eigenvalue weighted by Crippen LogP contribution is 2.52. The molecule has 1 aliphatic carbocycles. The Kier molecular flexibility index (Phi) is 4.41. The van der Waals surface area contributed by atoms with Crippen LogP contribution < -0.4 is 14.2 Å². The van der Waals surface area contributed by atoms with E-state index in [4.69, 9.17) is 14.2 Å². The molecule has 1 fully saturated rings. The van der Waals surface area contributed by atoms with Gasteiger partial charge in [-0.2, -0.15) is 0 Å². The first-order valence-corrected chi connectivity index (χ1v) is 10.5. The average molecular weight is 393 g/mol. The van der Waals surface area contributed by atoms with E-state index in [1.54, 1.807) is 7.11 Å². The lowest BCUT2D eigenvalue weighted by atomic mass is 9.71. The summed E-state index contributed by atoms with van der Waals surface area (Å²) in [6, 6.07) is 11.7. The fourth-order valence-electron chi connectivity index (χ4n) is 5.27. The Morgan fingerprint density at radius 2 is 1.83 bits per heavy atom. The van der Waals surface area contributed by atoms with Crippen molar-refractivity contribution in [2.24, 2.45) is 0 Å². The minimum atomic E-state index is -0.0225. The van der Waals surface area contributed by atoms with E-state index >= 15 is 0 Å². The van der Waals surface area contributed by atoms with Crippen LogP contribution in [0.5, 0.6) is 17.2 Å². The summed E-state index contributed by atoms with van der Waals surface area (Å²) in [6.45, 7) is 4.03. The van der Waals surface area contributed by atoms with Crippen LogP contribution in [0.3, 0.4) is 0 Å². The average Bonchev–Trinajstić information content (AvgIpc) is 3.24. The maximum Gasteiger partial charge on any atom is 0.254 e. The summed E-state index contributed by atoms with van der Waals surface area (Å²) in [5.41, 5.74) is 3.22. The molecule has 2 aromatic rings. The zero-order valence-electron chi connectivity index (χ0n) is 17.1. The molecule has 0 aromatic heterocycles. The van der Waals surface area contributed by atoms with Gasteiger partial charge in [0.15, 0.2) is 11.5 Å². The highest BCUT2D eigenvalue weighted by Gasteiger charge is 2.46. The van der Waals surface area contributed by atoms with Crippen LogP contribution in [0.2, 0.25) is 0 Å².